The van der Waals surface area contributed by atoms with E-state index in [1.807, 2.05) is 55.3 Å². The second kappa shape index (κ2) is 11.6. The van der Waals surface area contributed by atoms with Gasteiger partial charge in [0.2, 0.25) is 11.8 Å². The Labute approximate surface area is 232 Å². The maximum absolute atomic E-state index is 11.9. The van der Waals surface area contributed by atoms with E-state index in [9.17, 15) is 10.1 Å². The van der Waals surface area contributed by atoms with Crippen molar-refractivity contribution in [3.63, 3.8) is 0 Å². The maximum atomic E-state index is 11.9. The minimum Gasteiger partial charge on any atom is -0.494 e. The number of pyridine rings is 1. The summed E-state index contributed by atoms with van der Waals surface area (Å²) in [6, 6.07) is 14.9. The monoisotopic (exact) mass is 544 g/mol. The SMILES string of the molecule is COc1cc(N(C)CCN(C)C)c([N+](=O)[O-])cc1Nc1nccc(OC2CN(c3cnc4ccccc4c3)C2)n1. The molecule has 208 valence electrons. The number of nitrogens with zero attached hydrogens (tertiary/aromatic N) is 7. The van der Waals surface area contributed by atoms with Crippen LogP contribution in [0.4, 0.5) is 28.7 Å². The van der Waals surface area contributed by atoms with Crippen LogP contribution < -0.4 is 24.6 Å². The van der Waals surface area contributed by atoms with Crippen LogP contribution in [0.1, 0.15) is 0 Å². The summed E-state index contributed by atoms with van der Waals surface area (Å²) in [6.45, 7) is 2.77. The molecule has 2 aromatic carbocycles. The quantitative estimate of drug-likeness (QED) is 0.218. The van der Waals surface area contributed by atoms with Gasteiger partial charge in [-0.1, -0.05) is 18.2 Å². The number of hydrogen-bond acceptors (Lipinski definition) is 11. The number of nitro groups is 1. The molecule has 1 aliphatic heterocycles. The molecule has 40 heavy (non-hydrogen) atoms. The lowest BCUT2D eigenvalue weighted by Crippen LogP contribution is -2.54. The molecule has 0 radical (unpaired) electrons. The number of para-hydroxylation sites is 1. The first-order chi connectivity index (χ1) is 19.3. The van der Waals surface area contributed by atoms with E-state index in [1.165, 1.54) is 13.2 Å². The Balaban J connectivity index is 1.27. The molecule has 3 heterocycles. The minimum absolute atomic E-state index is 0.0400. The number of benzene rings is 2. The summed E-state index contributed by atoms with van der Waals surface area (Å²) in [6.07, 6.45) is 3.42. The van der Waals surface area contributed by atoms with Gasteiger partial charge in [0.1, 0.15) is 17.5 Å². The molecular weight excluding hydrogens is 512 g/mol. The first kappa shape index (κ1) is 26.9. The summed E-state index contributed by atoms with van der Waals surface area (Å²) in [4.78, 5) is 30.8. The van der Waals surface area contributed by atoms with Gasteiger partial charge in [-0.25, -0.2) is 4.98 Å². The Kier molecular flexibility index (Phi) is 7.78. The number of hydrogen-bond donors (Lipinski definition) is 1. The van der Waals surface area contributed by atoms with Crippen LogP contribution in [0.2, 0.25) is 0 Å². The highest BCUT2D eigenvalue weighted by Crippen LogP contribution is 2.39. The number of methoxy groups -OCH3 is 1. The number of nitro benzene ring substituents is 1. The standard InChI is InChI=1S/C28H32N8O4/c1-33(2)11-12-34(3)24-15-26(39-4)23(14-25(24)36(37)38)31-28-29-10-9-27(32-28)40-21-17-35(18-21)20-13-19-7-5-6-8-22(19)30-16-20/h5-10,13-16,21H,11-12,17-18H2,1-4H3,(H,29,31,32). The Hall–Kier alpha value is -4.71. The van der Waals surface area contributed by atoms with E-state index in [2.05, 4.69) is 37.3 Å². The van der Waals surface area contributed by atoms with Gasteiger partial charge in [-0.15, -0.1) is 0 Å². The van der Waals surface area contributed by atoms with Crippen molar-refractivity contribution < 1.29 is 14.4 Å². The number of nitrogens with one attached hydrogen (secondary N) is 1. The summed E-state index contributed by atoms with van der Waals surface area (Å²) in [5.74, 6) is 1.09. The van der Waals surface area contributed by atoms with Crippen molar-refractivity contribution >= 4 is 39.6 Å². The Morgan fingerprint density at radius 2 is 1.90 bits per heavy atom. The van der Waals surface area contributed by atoms with Crippen molar-refractivity contribution in [2.24, 2.45) is 0 Å². The van der Waals surface area contributed by atoms with E-state index in [0.717, 1.165) is 23.1 Å². The molecule has 2 aromatic heterocycles. The average Bonchev–Trinajstić information content (AvgIpc) is 2.93. The van der Waals surface area contributed by atoms with E-state index in [1.54, 1.807) is 18.3 Å². The average molecular weight is 545 g/mol. The molecule has 0 bridgehead atoms. The fourth-order valence-corrected chi connectivity index (χ4v) is 4.46. The van der Waals surface area contributed by atoms with Crippen LogP contribution in [0.15, 0.2) is 60.9 Å². The van der Waals surface area contributed by atoms with E-state index in [0.29, 0.717) is 42.6 Å². The van der Waals surface area contributed by atoms with Gasteiger partial charge >= 0.3 is 0 Å². The van der Waals surface area contributed by atoms with E-state index in [4.69, 9.17) is 9.47 Å². The molecule has 12 nitrogen and oxygen atoms in total. The number of fused-ring (bicyclic) bond motifs is 1. The number of rotatable bonds is 11. The van der Waals surface area contributed by atoms with Gasteiger partial charge in [-0.2, -0.15) is 4.98 Å². The van der Waals surface area contributed by atoms with Crippen molar-refractivity contribution in [1.82, 2.24) is 19.9 Å². The minimum atomic E-state index is -0.403. The van der Waals surface area contributed by atoms with Crippen LogP contribution >= 0.6 is 0 Å². The first-order valence-electron chi connectivity index (χ1n) is 12.9. The smallest absolute Gasteiger partial charge is 0.294 e. The third-order valence-corrected chi connectivity index (χ3v) is 6.74. The van der Waals surface area contributed by atoms with Gasteiger partial charge in [0.15, 0.2) is 0 Å². The molecule has 0 aliphatic carbocycles. The van der Waals surface area contributed by atoms with Crippen LogP contribution in [0.5, 0.6) is 11.6 Å². The molecule has 0 spiro atoms. The fourth-order valence-electron chi connectivity index (χ4n) is 4.46. The molecule has 1 saturated heterocycles. The normalized spacial score (nSPS) is 13.3. The summed E-state index contributed by atoms with van der Waals surface area (Å²) in [5.41, 5.74) is 2.81. The van der Waals surface area contributed by atoms with E-state index < -0.39 is 4.92 Å². The molecule has 0 amide bonds. The second-order valence-corrected chi connectivity index (χ2v) is 9.90. The molecule has 0 atom stereocenters. The van der Waals surface area contributed by atoms with Gasteiger partial charge in [-0.05, 0) is 26.2 Å². The zero-order valence-electron chi connectivity index (χ0n) is 22.9. The first-order valence-corrected chi connectivity index (χ1v) is 12.9. The highest BCUT2D eigenvalue weighted by molar-refractivity contribution is 5.82. The summed E-state index contributed by atoms with van der Waals surface area (Å²) in [7, 11) is 7.25. The van der Waals surface area contributed by atoms with Crippen LogP contribution in [-0.4, -0.2) is 85.3 Å². The molecule has 1 fully saturated rings. The van der Waals surface area contributed by atoms with Gasteiger partial charge < -0.3 is 29.5 Å². The molecule has 12 heteroatoms. The molecule has 0 saturated carbocycles. The molecule has 0 unspecified atom stereocenters. The van der Waals surface area contributed by atoms with Gasteiger partial charge in [0.25, 0.3) is 5.69 Å². The summed E-state index contributed by atoms with van der Waals surface area (Å²) >= 11 is 0. The lowest BCUT2D eigenvalue weighted by molar-refractivity contribution is -0.384. The Morgan fingerprint density at radius 3 is 2.65 bits per heavy atom. The number of anilines is 4. The molecule has 1 aliphatic rings. The van der Waals surface area contributed by atoms with Crippen molar-refractivity contribution in [1.29, 1.82) is 0 Å². The number of likely N-dealkylation sites (N-methyl/N-ethyl adjacent to an activating group) is 2. The van der Waals surface area contributed by atoms with Crippen molar-refractivity contribution in [3.05, 3.63) is 71.0 Å². The third kappa shape index (κ3) is 5.96. The largest absolute Gasteiger partial charge is 0.494 e. The summed E-state index contributed by atoms with van der Waals surface area (Å²) in [5, 5.41) is 16.1. The highest BCUT2D eigenvalue weighted by atomic mass is 16.6. The topological polar surface area (TPSA) is 122 Å². The lowest BCUT2D eigenvalue weighted by Gasteiger charge is -2.40. The Morgan fingerprint density at radius 1 is 1.10 bits per heavy atom. The van der Waals surface area contributed by atoms with Crippen molar-refractivity contribution in [3.8, 4) is 11.6 Å². The summed E-state index contributed by atoms with van der Waals surface area (Å²) < 4.78 is 11.6. The van der Waals surface area contributed by atoms with Gasteiger partial charge in [-0.3, -0.25) is 15.1 Å². The molecular formula is C28H32N8O4. The van der Waals surface area contributed by atoms with Crippen LogP contribution in [0.25, 0.3) is 10.9 Å². The highest BCUT2D eigenvalue weighted by Gasteiger charge is 2.29. The Bertz CT molecular complexity index is 1510. The molecule has 4 aromatic rings. The van der Waals surface area contributed by atoms with Crippen LogP contribution in [0.3, 0.4) is 0 Å². The fraction of sp³-hybridized carbons (Fsp3) is 0.321. The van der Waals surface area contributed by atoms with Crippen molar-refractivity contribution in [2.45, 2.75) is 6.10 Å². The second-order valence-electron chi connectivity index (χ2n) is 9.90. The predicted octanol–water partition coefficient (Wildman–Crippen LogP) is 3.95. The zero-order valence-corrected chi connectivity index (χ0v) is 22.9. The van der Waals surface area contributed by atoms with E-state index >= 15 is 0 Å². The lowest BCUT2D eigenvalue weighted by atomic mass is 10.1. The zero-order chi connectivity index (χ0) is 28.2. The van der Waals surface area contributed by atoms with Gasteiger partial charge in [0, 0.05) is 49.9 Å². The van der Waals surface area contributed by atoms with Crippen LogP contribution in [-0.2, 0) is 0 Å². The van der Waals surface area contributed by atoms with Gasteiger partial charge in [0.05, 0.1) is 48.2 Å². The third-order valence-electron chi connectivity index (χ3n) is 6.74. The predicted molar refractivity (Wildman–Crippen MR) is 155 cm³/mol. The number of aromatic nitrogens is 3. The maximum Gasteiger partial charge on any atom is 0.294 e. The van der Waals surface area contributed by atoms with E-state index in [-0.39, 0.29) is 17.7 Å². The number of ether oxygens (including phenoxy) is 2. The van der Waals surface area contributed by atoms with Crippen LogP contribution in [0, 0.1) is 10.1 Å². The van der Waals surface area contributed by atoms with Crippen molar-refractivity contribution in [2.75, 3.05) is 69.5 Å². The molecule has 5 rings (SSSR count). The molecule has 1 N–H and O–H groups in total.